The number of nitrogens with one attached hydrogen (secondary N) is 1. The van der Waals surface area contributed by atoms with Crippen molar-refractivity contribution in [1.82, 2.24) is 10.2 Å². The second-order valence-electron chi connectivity index (χ2n) is 5.01. The minimum absolute atomic E-state index is 0.0139. The third kappa shape index (κ3) is 3.37. The van der Waals surface area contributed by atoms with Gasteiger partial charge in [0.2, 0.25) is 0 Å². The zero-order chi connectivity index (χ0) is 12.1. The maximum absolute atomic E-state index is 12.0. The Morgan fingerprint density at radius 1 is 1.44 bits per heavy atom. The SMILES string of the molecule is CC(CO)CNC(=O)N1C(C)CCCC1C. The van der Waals surface area contributed by atoms with Crippen molar-refractivity contribution in [2.24, 2.45) is 5.92 Å². The topological polar surface area (TPSA) is 52.6 Å². The lowest BCUT2D eigenvalue weighted by Gasteiger charge is -2.39. The lowest BCUT2D eigenvalue weighted by molar-refractivity contribution is 0.121. The Morgan fingerprint density at radius 2 is 2.00 bits per heavy atom. The zero-order valence-electron chi connectivity index (χ0n) is 10.6. The van der Waals surface area contributed by atoms with Gasteiger partial charge in [-0.15, -0.1) is 0 Å². The average Bonchev–Trinajstić information content (AvgIpc) is 2.25. The van der Waals surface area contributed by atoms with Crippen LogP contribution >= 0.6 is 0 Å². The third-order valence-corrected chi connectivity index (χ3v) is 3.34. The first kappa shape index (κ1) is 13.3. The molecular weight excluding hydrogens is 204 g/mol. The van der Waals surface area contributed by atoms with Crippen molar-refractivity contribution in [3.63, 3.8) is 0 Å². The highest BCUT2D eigenvalue weighted by Crippen LogP contribution is 2.22. The molecule has 3 atom stereocenters. The molecule has 1 aliphatic heterocycles. The summed E-state index contributed by atoms with van der Waals surface area (Å²) in [5.74, 6) is 0.124. The predicted molar refractivity (Wildman–Crippen MR) is 64.3 cm³/mol. The van der Waals surface area contributed by atoms with Crippen molar-refractivity contribution in [3.8, 4) is 0 Å². The molecular formula is C12H24N2O2. The van der Waals surface area contributed by atoms with E-state index in [1.54, 1.807) is 0 Å². The van der Waals surface area contributed by atoms with E-state index >= 15 is 0 Å². The number of nitrogens with zero attached hydrogens (tertiary/aromatic N) is 1. The summed E-state index contributed by atoms with van der Waals surface area (Å²) < 4.78 is 0. The molecule has 94 valence electrons. The summed E-state index contributed by atoms with van der Waals surface area (Å²) in [6.07, 6.45) is 3.39. The van der Waals surface area contributed by atoms with Gasteiger partial charge in [0.15, 0.2) is 0 Å². The van der Waals surface area contributed by atoms with Crippen molar-refractivity contribution in [1.29, 1.82) is 0 Å². The molecule has 4 heteroatoms. The van der Waals surface area contributed by atoms with Gasteiger partial charge in [-0.25, -0.2) is 4.79 Å². The summed E-state index contributed by atoms with van der Waals surface area (Å²) in [4.78, 5) is 13.9. The van der Waals surface area contributed by atoms with Crippen LogP contribution in [-0.4, -0.2) is 41.3 Å². The second kappa shape index (κ2) is 6.09. The summed E-state index contributed by atoms with van der Waals surface area (Å²) in [6.45, 7) is 6.79. The van der Waals surface area contributed by atoms with Crippen molar-refractivity contribution in [2.75, 3.05) is 13.2 Å². The number of hydrogen-bond acceptors (Lipinski definition) is 2. The van der Waals surface area contributed by atoms with E-state index in [-0.39, 0.29) is 18.6 Å². The molecule has 1 heterocycles. The molecule has 16 heavy (non-hydrogen) atoms. The Hall–Kier alpha value is -0.770. The van der Waals surface area contributed by atoms with Crippen LogP contribution in [0.1, 0.15) is 40.0 Å². The molecule has 0 aromatic heterocycles. The van der Waals surface area contributed by atoms with Crippen LogP contribution < -0.4 is 5.32 Å². The fourth-order valence-electron chi connectivity index (χ4n) is 2.24. The molecule has 0 bridgehead atoms. The van der Waals surface area contributed by atoms with E-state index in [0.29, 0.717) is 18.6 Å². The number of aliphatic hydroxyl groups excluding tert-OH is 1. The van der Waals surface area contributed by atoms with Gasteiger partial charge in [-0.1, -0.05) is 6.92 Å². The Kier molecular flexibility index (Phi) is 5.06. The molecule has 0 aliphatic carbocycles. The summed E-state index contributed by atoms with van der Waals surface area (Å²) in [7, 11) is 0. The molecule has 3 unspecified atom stereocenters. The number of aliphatic hydroxyl groups is 1. The standard InChI is InChI=1S/C12H24N2O2/c1-9(8-15)7-13-12(16)14-10(2)5-4-6-11(14)3/h9-11,15H,4-8H2,1-3H3,(H,13,16). The highest BCUT2D eigenvalue weighted by atomic mass is 16.3. The molecule has 0 spiro atoms. The van der Waals surface area contributed by atoms with Crippen LogP contribution in [0.4, 0.5) is 4.79 Å². The highest BCUT2D eigenvalue weighted by Gasteiger charge is 2.28. The van der Waals surface area contributed by atoms with Gasteiger partial charge in [0, 0.05) is 25.2 Å². The number of carbonyl (C=O) groups is 1. The quantitative estimate of drug-likeness (QED) is 0.770. The Morgan fingerprint density at radius 3 is 2.50 bits per heavy atom. The summed E-state index contributed by atoms with van der Waals surface area (Å²) >= 11 is 0. The van der Waals surface area contributed by atoms with Crippen molar-refractivity contribution in [3.05, 3.63) is 0 Å². The van der Waals surface area contributed by atoms with E-state index < -0.39 is 0 Å². The Labute approximate surface area is 98.0 Å². The zero-order valence-corrected chi connectivity index (χ0v) is 10.6. The number of rotatable bonds is 3. The largest absolute Gasteiger partial charge is 0.396 e. The van der Waals surface area contributed by atoms with Crippen LogP contribution in [-0.2, 0) is 0 Å². The van der Waals surface area contributed by atoms with E-state index in [9.17, 15) is 4.79 Å². The van der Waals surface area contributed by atoms with Gasteiger partial charge in [0.1, 0.15) is 0 Å². The molecule has 2 amide bonds. The van der Waals surface area contributed by atoms with Crippen molar-refractivity contribution < 1.29 is 9.90 Å². The molecule has 0 aromatic rings. The number of hydrogen-bond donors (Lipinski definition) is 2. The van der Waals surface area contributed by atoms with Gasteiger partial charge in [-0.05, 0) is 39.0 Å². The molecule has 4 nitrogen and oxygen atoms in total. The number of likely N-dealkylation sites (tertiary alicyclic amines) is 1. The van der Waals surface area contributed by atoms with Crippen molar-refractivity contribution >= 4 is 6.03 Å². The molecule has 1 rings (SSSR count). The van der Waals surface area contributed by atoms with Gasteiger partial charge in [-0.2, -0.15) is 0 Å². The fourth-order valence-corrected chi connectivity index (χ4v) is 2.24. The van der Waals surface area contributed by atoms with E-state index in [4.69, 9.17) is 5.11 Å². The molecule has 1 aliphatic rings. The summed E-state index contributed by atoms with van der Waals surface area (Å²) in [5.41, 5.74) is 0. The van der Waals surface area contributed by atoms with E-state index in [2.05, 4.69) is 19.2 Å². The third-order valence-electron chi connectivity index (χ3n) is 3.34. The van der Waals surface area contributed by atoms with Gasteiger partial charge >= 0.3 is 6.03 Å². The smallest absolute Gasteiger partial charge is 0.317 e. The van der Waals surface area contributed by atoms with Crippen LogP contribution in [0, 0.1) is 5.92 Å². The molecule has 1 saturated heterocycles. The number of urea groups is 1. The minimum atomic E-state index is 0.0139. The van der Waals surface area contributed by atoms with Crippen LogP contribution in [0.15, 0.2) is 0 Å². The van der Waals surface area contributed by atoms with Gasteiger partial charge < -0.3 is 15.3 Å². The molecule has 1 fully saturated rings. The monoisotopic (exact) mass is 228 g/mol. The fraction of sp³-hybridized carbons (Fsp3) is 0.917. The van der Waals surface area contributed by atoms with Crippen molar-refractivity contribution in [2.45, 2.75) is 52.1 Å². The van der Waals surface area contributed by atoms with Crippen LogP contribution in [0.3, 0.4) is 0 Å². The maximum Gasteiger partial charge on any atom is 0.317 e. The van der Waals surface area contributed by atoms with Gasteiger partial charge in [-0.3, -0.25) is 0 Å². The van der Waals surface area contributed by atoms with E-state index in [0.717, 1.165) is 12.8 Å². The lowest BCUT2D eigenvalue weighted by Crippen LogP contribution is -2.52. The molecule has 0 radical (unpaired) electrons. The van der Waals surface area contributed by atoms with Gasteiger partial charge in [0.05, 0.1) is 0 Å². The minimum Gasteiger partial charge on any atom is -0.396 e. The van der Waals surface area contributed by atoms with Gasteiger partial charge in [0.25, 0.3) is 0 Å². The normalized spacial score (nSPS) is 27.6. The molecule has 0 aromatic carbocycles. The number of piperidine rings is 1. The maximum atomic E-state index is 12.0. The number of carbonyl (C=O) groups excluding carboxylic acids is 1. The lowest BCUT2D eigenvalue weighted by atomic mass is 9.98. The first-order valence-corrected chi connectivity index (χ1v) is 6.23. The summed E-state index contributed by atoms with van der Waals surface area (Å²) in [6, 6.07) is 0.668. The van der Waals surface area contributed by atoms with Crippen LogP contribution in [0.25, 0.3) is 0 Å². The van der Waals surface area contributed by atoms with Crippen LogP contribution in [0.2, 0.25) is 0 Å². The second-order valence-corrected chi connectivity index (χ2v) is 5.01. The Bertz CT molecular complexity index is 223. The van der Waals surface area contributed by atoms with Crippen LogP contribution in [0.5, 0.6) is 0 Å². The molecule has 2 N–H and O–H groups in total. The number of amides is 2. The van der Waals surface area contributed by atoms with E-state index in [1.165, 1.54) is 6.42 Å². The first-order chi connectivity index (χ1) is 7.56. The first-order valence-electron chi connectivity index (χ1n) is 6.23. The average molecular weight is 228 g/mol. The predicted octanol–water partition coefficient (Wildman–Crippen LogP) is 1.59. The molecule has 0 saturated carbocycles. The summed E-state index contributed by atoms with van der Waals surface area (Å²) in [5, 5.41) is 11.8. The highest BCUT2D eigenvalue weighted by molar-refractivity contribution is 5.75. The van der Waals surface area contributed by atoms with E-state index in [1.807, 2.05) is 11.8 Å². The Balaban J connectivity index is 2.44.